The maximum atomic E-state index is 12.2. The Hall–Kier alpha value is -2.21. The standard InChI is InChI=1S/C18H22N2O3S/c1-5-11-6-8-12(9-7-11)19-14(21)10-13-15(16(22)23)24-17(20-13)18(2,3)4/h6-9H,5,10H2,1-4H3,(H,19,21)(H,22,23). The Morgan fingerprint density at radius 1 is 1.21 bits per heavy atom. The van der Waals surface area contributed by atoms with Gasteiger partial charge in [0.1, 0.15) is 4.88 Å². The summed E-state index contributed by atoms with van der Waals surface area (Å²) in [6.45, 7) is 7.97. The molecule has 128 valence electrons. The summed E-state index contributed by atoms with van der Waals surface area (Å²) in [4.78, 5) is 28.2. The SMILES string of the molecule is CCc1ccc(NC(=O)Cc2nc(C(C)(C)C)sc2C(=O)O)cc1. The molecule has 6 heteroatoms. The van der Waals surface area contributed by atoms with Gasteiger partial charge in [0, 0.05) is 11.1 Å². The fraction of sp³-hybridized carbons (Fsp3) is 0.389. The number of aromatic carboxylic acids is 1. The minimum absolute atomic E-state index is 0.0518. The number of thiazole rings is 1. The number of nitrogens with zero attached hydrogens (tertiary/aromatic N) is 1. The number of carbonyl (C=O) groups is 2. The molecule has 1 heterocycles. The number of aromatic nitrogens is 1. The van der Waals surface area contributed by atoms with Gasteiger partial charge < -0.3 is 10.4 Å². The van der Waals surface area contributed by atoms with Crippen molar-refractivity contribution in [2.24, 2.45) is 0 Å². The Kier molecular flexibility index (Phi) is 5.39. The van der Waals surface area contributed by atoms with Gasteiger partial charge in [-0.05, 0) is 24.1 Å². The average molecular weight is 346 g/mol. The summed E-state index contributed by atoms with van der Waals surface area (Å²) in [6.07, 6.45) is 0.883. The Balaban J connectivity index is 2.15. The first kappa shape index (κ1) is 18.1. The van der Waals surface area contributed by atoms with Crippen molar-refractivity contribution in [1.82, 2.24) is 4.98 Å². The molecular weight excluding hydrogens is 324 g/mol. The third kappa shape index (κ3) is 4.41. The summed E-state index contributed by atoms with van der Waals surface area (Å²) in [7, 11) is 0. The van der Waals surface area contributed by atoms with Crippen LogP contribution in [0, 0.1) is 0 Å². The zero-order valence-electron chi connectivity index (χ0n) is 14.3. The third-order valence-corrected chi connectivity index (χ3v) is 5.02. The van der Waals surface area contributed by atoms with Crippen molar-refractivity contribution in [3.63, 3.8) is 0 Å². The fourth-order valence-electron chi connectivity index (χ4n) is 2.14. The van der Waals surface area contributed by atoms with Crippen LogP contribution < -0.4 is 5.32 Å². The van der Waals surface area contributed by atoms with E-state index in [2.05, 4.69) is 17.2 Å². The number of benzene rings is 1. The summed E-state index contributed by atoms with van der Waals surface area (Å²) in [5, 5.41) is 12.8. The summed E-state index contributed by atoms with van der Waals surface area (Å²) in [5.41, 5.74) is 1.95. The molecule has 0 fully saturated rings. The van der Waals surface area contributed by atoms with Crippen LogP contribution >= 0.6 is 11.3 Å². The summed E-state index contributed by atoms with van der Waals surface area (Å²) in [5.74, 6) is -1.31. The zero-order chi connectivity index (χ0) is 17.9. The number of carboxylic acid groups (broad SMARTS) is 1. The van der Waals surface area contributed by atoms with Crippen molar-refractivity contribution in [1.29, 1.82) is 0 Å². The van der Waals surface area contributed by atoms with Crippen LogP contribution in [0.3, 0.4) is 0 Å². The molecule has 0 unspecified atom stereocenters. The number of anilines is 1. The Morgan fingerprint density at radius 3 is 2.33 bits per heavy atom. The lowest BCUT2D eigenvalue weighted by atomic mass is 9.98. The van der Waals surface area contributed by atoms with E-state index in [-0.39, 0.29) is 22.6 Å². The molecule has 2 rings (SSSR count). The third-order valence-electron chi connectivity index (χ3n) is 3.51. The number of hydrogen-bond donors (Lipinski definition) is 2. The molecule has 5 nitrogen and oxygen atoms in total. The fourth-order valence-corrected chi connectivity index (χ4v) is 3.12. The molecule has 0 radical (unpaired) electrons. The summed E-state index contributed by atoms with van der Waals surface area (Å²) < 4.78 is 0. The van der Waals surface area contributed by atoms with Crippen LogP contribution in [0.5, 0.6) is 0 Å². The van der Waals surface area contributed by atoms with Crippen molar-refractivity contribution < 1.29 is 14.7 Å². The minimum atomic E-state index is -1.04. The highest BCUT2D eigenvalue weighted by Crippen LogP contribution is 2.29. The molecule has 0 saturated carbocycles. The number of aryl methyl sites for hydroxylation is 1. The van der Waals surface area contributed by atoms with Gasteiger partial charge in [-0.15, -0.1) is 11.3 Å². The first-order valence-electron chi connectivity index (χ1n) is 7.83. The maximum absolute atomic E-state index is 12.2. The molecule has 0 saturated heterocycles. The smallest absolute Gasteiger partial charge is 0.347 e. The largest absolute Gasteiger partial charge is 0.477 e. The number of amides is 1. The molecular formula is C18H22N2O3S. The lowest BCUT2D eigenvalue weighted by Crippen LogP contribution is -2.17. The van der Waals surface area contributed by atoms with Crippen LogP contribution in [0.4, 0.5) is 5.69 Å². The Labute approximate surface area is 145 Å². The molecule has 0 aliphatic heterocycles. The van der Waals surface area contributed by atoms with Crippen molar-refractivity contribution >= 4 is 28.9 Å². The highest BCUT2D eigenvalue weighted by Gasteiger charge is 2.25. The van der Waals surface area contributed by atoms with E-state index in [1.54, 1.807) is 0 Å². The van der Waals surface area contributed by atoms with Crippen molar-refractivity contribution in [2.45, 2.75) is 46.0 Å². The van der Waals surface area contributed by atoms with Gasteiger partial charge in [-0.2, -0.15) is 0 Å². The monoisotopic (exact) mass is 346 g/mol. The quantitative estimate of drug-likeness (QED) is 0.861. The van der Waals surface area contributed by atoms with Gasteiger partial charge in [-0.25, -0.2) is 9.78 Å². The van der Waals surface area contributed by atoms with Gasteiger partial charge >= 0.3 is 5.97 Å². The second kappa shape index (κ2) is 7.13. The number of rotatable bonds is 5. The lowest BCUT2D eigenvalue weighted by Gasteiger charge is -2.13. The Morgan fingerprint density at radius 2 is 1.83 bits per heavy atom. The van der Waals surface area contributed by atoms with E-state index in [1.807, 2.05) is 45.0 Å². The molecule has 24 heavy (non-hydrogen) atoms. The second-order valence-corrected chi connectivity index (χ2v) is 7.62. The van der Waals surface area contributed by atoms with E-state index in [0.29, 0.717) is 11.4 Å². The molecule has 1 amide bonds. The molecule has 2 aromatic rings. The Bertz CT molecular complexity index is 743. The molecule has 0 bridgehead atoms. The van der Waals surface area contributed by atoms with E-state index >= 15 is 0 Å². The first-order valence-corrected chi connectivity index (χ1v) is 8.64. The van der Waals surface area contributed by atoms with Gasteiger partial charge in [0.05, 0.1) is 17.1 Å². The van der Waals surface area contributed by atoms with Gasteiger partial charge in [-0.3, -0.25) is 4.79 Å². The van der Waals surface area contributed by atoms with Gasteiger partial charge in [0.25, 0.3) is 0 Å². The molecule has 1 aromatic carbocycles. The average Bonchev–Trinajstić information content (AvgIpc) is 2.92. The first-order chi connectivity index (χ1) is 11.2. The number of nitrogens with one attached hydrogen (secondary N) is 1. The maximum Gasteiger partial charge on any atom is 0.347 e. The van der Waals surface area contributed by atoms with Crippen LogP contribution in [0.1, 0.15) is 53.6 Å². The number of carbonyl (C=O) groups excluding carboxylic acids is 1. The summed E-state index contributed by atoms with van der Waals surface area (Å²) in [6, 6.07) is 7.60. The lowest BCUT2D eigenvalue weighted by molar-refractivity contribution is -0.115. The van der Waals surface area contributed by atoms with Crippen LogP contribution in [-0.4, -0.2) is 22.0 Å². The van der Waals surface area contributed by atoms with E-state index in [1.165, 1.54) is 5.56 Å². The van der Waals surface area contributed by atoms with Crippen molar-refractivity contribution in [3.8, 4) is 0 Å². The highest BCUT2D eigenvalue weighted by atomic mass is 32.1. The number of carboxylic acids is 1. The molecule has 0 aliphatic rings. The minimum Gasteiger partial charge on any atom is -0.477 e. The zero-order valence-corrected chi connectivity index (χ0v) is 15.2. The van der Waals surface area contributed by atoms with E-state index in [9.17, 15) is 14.7 Å². The topological polar surface area (TPSA) is 79.3 Å². The van der Waals surface area contributed by atoms with Gasteiger partial charge in [0.15, 0.2) is 0 Å². The molecule has 2 N–H and O–H groups in total. The normalized spacial score (nSPS) is 11.3. The number of hydrogen-bond acceptors (Lipinski definition) is 4. The van der Waals surface area contributed by atoms with E-state index in [4.69, 9.17) is 0 Å². The van der Waals surface area contributed by atoms with Crippen LogP contribution in [0.15, 0.2) is 24.3 Å². The summed E-state index contributed by atoms with van der Waals surface area (Å²) >= 11 is 1.14. The van der Waals surface area contributed by atoms with Gasteiger partial charge in [0.2, 0.25) is 5.91 Å². The molecule has 1 aromatic heterocycles. The highest BCUT2D eigenvalue weighted by molar-refractivity contribution is 7.13. The van der Waals surface area contributed by atoms with Crippen LogP contribution in [0.2, 0.25) is 0 Å². The molecule has 0 spiro atoms. The van der Waals surface area contributed by atoms with E-state index < -0.39 is 5.97 Å². The van der Waals surface area contributed by atoms with Crippen molar-refractivity contribution in [2.75, 3.05) is 5.32 Å². The van der Waals surface area contributed by atoms with Crippen LogP contribution in [0.25, 0.3) is 0 Å². The van der Waals surface area contributed by atoms with Gasteiger partial charge in [-0.1, -0.05) is 39.8 Å². The molecule has 0 atom stereocenters. The van der Waals surface area contributed by atoms with Crippen LogP contribution in [-0.2, 0) is 23.1 Å². The van der Waals surface area contributed by atoms with Crippen molar-refractivity contribution in [3.05, 3.63) is 45.4 Å². The molecule has 0 aliphatic carbocycles. The van der Waals surface area contributed by atoms with E-state index in [0.717, 1.165) is 22.8 Å². The predicted molar refractivity (Wildman–Crippen MR) is 95.9 cm³/mol. The predicted octanol–water partition coefficient (Wildman–Crippen LogP) is 3.88. The second-order valence-electron chi connectivity index (χ2n) is 6.63.